The lowest BCUT2D eigenvalue weighted by Gasteiger charge is -2.40. The fourth-order valence-corrected chi connectivity index (χ4v) is 3.35. The van der Waals surface area contributed by atoms with E-state index in [2.05, 4.69) is 10.3 Å². The summed E-state index contributed by atoms with van der Waals surface area (Å²) >= 11 is 0. The minimum atomic E-state index is -0.602. The van der Waals surface area contributed by atoms with Crippen molar-refractivity contribution < 1.29 is 9.59 Å². The molecule has 0 saturated heterocycles. The second-order valence-electron chi connectivity index (χ2n) is 7.41. The highest BCUT2D eigenvalue weighted by Gasteiger charge is 2.40. The standard InChI is InChI=1S/C21H27N5O2/c1-14(2)25-19-18(7-6-12-22-19)26(15(3)20(25)27)21(28)23-13-16-8-10-17(11-9-16)24(4)5/h6-12,14-15H,13H2,1-5H3,(H,23,28)/t15-/m1/s1. The second kappa shape index (κ2) is 7.88. The maximum absolute atomic E-state index is 12.9. The molecule has 148 valence electrons. The molecule has 0 radical (unpaired) electrons. The molecule has 0 bridgehead atoms. The third-order valence-corrected chi connectivity index (χ3v) is 4.87. The maximum Gasteiger partial charge on any atom is 0.323 e. The van der Waals surface area contributed by atoms with Gasteiger partial charge >= 0.3 is 6.03 Å². The van der Waals surface area contributed by atoms with Crippen LogP contribution in [-0.4, -0.2) is 43.1 Å². The van der Waals surface area contributed by atoms with Crippen LogP contribution >= 0.6 is 0 Å². The summed E-state index contributed by atoms with van der Waals surface area (Å²) in [5, 5.41) is 2.93. The van der Waals surface area contributed by atoms with Crippen LogP contribution in [0.4, 0.5) is 22.0 Å². The van der Waals surface area contributed by atoms with Crippen LogP contribution < -0.4 is 20.0 Å². The minimum absolute atomic E-state index is 0.0379. The van der Waals surface area contributed by atoms with Crippen molar-refractivity contribution in [1.29, 1.82) is 0 Å². The van der Waals surface area contributed by atoms with E-state index in [0.29, 0.717) is 18.1 Å². The molecule has 0 spiro atoms. The zero-order valence-electron chi connectivity index (χ0n) is 17.0. The summed E-state index contributed by atoms with van der Waals surface area (Å²) in [6.45, 7) is 6.01. The SMILES string of the molecule is CC(C)N1C(=O)[C@@H](C)N(C(=O)NCc2ccc(N(C)C)cc2)c2cccnc21. The van der Waals surface area contributed by atoms with Crippen molar-refractivity contribution in [3.05, 3.63) is 48.2 Å². The monoisotopic (exact) mass is 381 g/mol. The van der Waals surface area contributed by atoms with E-state index in [1.807, 2.05) is 63.2 Å². The van der Waals surface area contributed by atoms with E-state index in [1.165, 1.54) is 4.90 Å². The van der Waals surface area contributed by atoms with E-state index in [9.17, 15) is 9.59 Å². The number of benzene rings is 1. The number of amides is 3. The average Bonchev–Trinajstić information content (AvgIpc) is 2.67. The molecule has 1 N–H and O–H groups in total. The van der Waals surface area contributed by atoms with Gasteiger partial charge in [-0.3, -0.25) is 14.6 Å². The zero-order chi connectivity index (χ0) is 20.4. The Kier molecular flexibility index (Phi) is 5.53. The van der Waals surface area contributed by atoms with E-state index in [4.69, 9.17) is 0 Å². The van der Waals surface area contributed by atoms with Crippen LogP contribution in [0.3, 0.4) is 0 Å². The normalized spacial score (nSPS) is 16.2. The number of nitrogens with zero attached hydrogens (tertiary/aromatic N) is 4. The number of hydrogen-bond acceptors (Lipinski definition) is 4. The van der Waals surface area contributed by atoms with Crippen LogP contribution in [0.2, 0.25) is 0 Å². The lowest BCUT2D eigenvalue weighted by atomic mass is 10.1. The fourth-order valence-electron chi connectivity index (χ4n) is 3.35. The molecule has 0 saturated carbocycles. The molecule has 7 nitrogen and oxygen atoms in total. The van der Waals surface area contributed by atoms with Gasteiger partial charge in [0.2, 0.25) is 0 Å². The van der Waals surface area contributed by atoms with Gasteiger partial charge in [0.25, 0.3) is 5.91 Å². The second-order valence-corrected chi connectivity index (χ2v) is 7.41. The molecule has 1 aliphatic rings. The van der Waals surface area contributed by atoms with Gasteiger partial charge in [-0.15, -0.1) is 0 Å². The van der Waals surface area contributed by atoms with E-state index in [0.717, 1.165) is 11.3 Å². The van der Waals surface area contributed by atoms with Gasteiger partial charge in [-0.1, -0.05) is 12.1 Å². The summed E-state index contributed by atoms with van der Waals surface area (Å²) in [4.78, 5) is 35.4. The first-order chi connectivity index (χ1) is 13.3. The maximum atomic E-state index is 12.9. The number of pyridine rings is 1. The van der Waals surface area contributed by atoms with Gasteiger partial charge in [-0.05, 0) is 50.6 Å². The third-order valence-electron chi connectivity index (χ3n) is 4.87. The molecule has 2 heterocycles. The molecule has 1 aromatic heterocycles. The Hall–Kier alpha value is -3.09. The lowest BCUT2D eigenvalue weighted by Crippen LogP contribution is -2.58. The number of anilines is 3. The summed E-state index contributed by atoms with van der Waals surface area (Å²) < 4.78 is 0. The van der Waals surface area contributed by atoms with Crippen molar-refractivity contribution in [1.82, 2.24) is 10.3 Å². The highest BCUT2D eigenvalue weighted by atomic mass is 16.2. The van der Waals surface area contributed by atoms with Gasteiger partial charge in [0.05, 0.1) is 5.69 Å². The van der Waals surface area contributed by atoms with Crippen molar-refractivity contribution in [3.63, 3.8) is 0 Å². The van der Waals surface area contributed by atoms with Crippen LogP contribution in [0.25, 0.3) is 0 Å². The van der Waals surface area contributed by atoms with Crippen LogP contribution in [0.15, 0.2) is 42.6 Å². The lowest BCUT2D eigenvalue weighted by molar-refractivity contribution is -0.120. The molecule has 2 aromatic rings. The zero-order valence-corrected chi connectivity index (χ0v) is 17.0. The van der Waals surface area contributed by atoms with Gasteiger partial charge < -0.3 is 10.2 Å². The molecule has 7 heteroatoms. The predicted octanol–water partition coefficient (Wildman–Crippen LogP) is 3.01. The van der Waals surface area contributed by atoms with Crippen LogP contribution in [0.1, 0.15) is 26.3 Å². The van der Waals surface area contributed by atoms with E-state index >= 15 is 0 Å². The number of rotatable bonds is 4. The minimum Gasteiger partial charge on any atom is -0.378 e. The number of hydrogen-bond donors (Lipinski definition) is 1. The highest BCUT2D eigenvalue weighted by Crippen LogP contribution is 2.35. The summed E-state index contributed by atoms with van der Waals surface area (Å²) in [6, 6.07) is 10.6. The van der Waals surface area contributed by atoms with Crippen molar-refractivity contribution in [2.75, 3.05) is 28.8 Å². The van der Waals surface area contributed by atoms with Gasteiger partial charge in [-0.2, -0.15) is 0 Å². The smallest absolute Gasteiger partial charge is 0.323 e. The number of carbonyl (C=O) groups is 2. The predicted molar refractivity (Wildman–Crippen MR) is 112 cm³/mol. The molecule has 3 amide bonds. The largest absolute Gasteiger partial charge is 0.378 e. The van der Waals surface area contributed by atoms with Crippen molar-refractivity contribution in [3.8, 4) is 0 Å². The molecule has 3 rings (SSSR count). The Balaban J connectivity index is 1.80. The van der Waals surface area contributed by atoms with Crippen molar-refractivity contribution in [2.24, 2.45) is 0 Å². The topological polar surface area (TPSA) is 68.8 Å². The van der Waals surface area contributed by atoms with E-state index < -0.39 is 6.04 Å². The van der Waals surface area contributed by atoms with E-state index in [1.54, 1.807) is 24.1 Å². The molecule has 0 unspecified atom stereocenters. The fraction of sp³-hybridized carbons (Fsp3) is 0.381. The van der Waals surface area contributed by atoms with Crippen LogP contribution in [0.5, 0.6) is 0 Å². The van der Waals surface area contributed by atoms with Crippen LogP contribution in [0, 0.1) is 0 Å². The summed E-state index contributed by atoms with van der Waals surface area (Å²) in [5.74, 6) is 0.387. The molecule has 1 atom stereocenters. The number of urea groups is 1. The molecular weight excluding hydrogens is 354 g/mol. The Morgan fingerprint density at radius 1 is 1.21 bits per heavy atom. The number of fused-ring (bicyclic) bond motifs is 1. The Labute approximate surface area is 166 Å². The van der Waals surface area contributed by atoms with Crippen molar-refractivity contribution >= 4 is 29.1 Å². The number of carbonyl (C=O) groups excluding carboxylic acids is 2. The summed E-state index contributed by atoms with van der Waals surface area (Å²) in [5.41, 5.74) is 2.73. The number of aromatic nitrogens is 1. The molecule has 1 aliphatic heterocycles. The Bertz CT molecular complexity index is 863. The van der Waals surface area contributed by atoms with Gasteiger partial charge in [-0.25, -0.2) is 9.78 Å². The highest BCUT2D eigenvalue weighted by molar-refractivity contribution is 6.11. The third kappa shape index (κ3) is 3.65. The summed E-state index contributed by atoms with van der Waals surface area (Å²) in [6.07, 6.45) is 1.64. The Morgan fingerprint density at radius 3 is 2.50 bits per heavy atom. The van der Waals surface area contributed by atoms with E-state index in [-0.39, 0.29) is 18.0 Å². The first kappa shape index (κ1) is 19.7. The molecule has 1 aromatic carbocycles. The first-order valence-electron chi connectivity index (χ1n) is 9.42. The summed E-state index contributed by atoms with van der Waals surface area (Å²) in [7, 11) is 3.97. The molecule has 0 aliphatic carbocycles. The molecule has 28 heavy (non-hydrogen) atoms. The number of nitrogens with one attached hydrogen (secondary N) is 1. The van der Waals surface area contributed by atoms with Crippen molar-refractivity contribution in [2.45, 2.75) is 39.4 Å². The van der Waals surface area contributed by atoms with Crippen LogP contribution in [-0.2, 0) is 11.3 Å². The molecular formula is C21H27N5O2. The molecule has 0 fully saturated rings. The quantitative estimate of drug-likeness (QED) is 0.884. The average molecular weight is 381 g/mol. The van der Waals surface area contributed by atoms with Gasteiger partial charge in [0, 0.05) is 38.6 Å². The first-order valence-corrected chi connectivity index (χ1v) is 9.42. The van der Waals surface area contributed by atoms with Gasteiger partial charge in [0.1, 0.15) is 6.04 Å². The Morgan fingerprint density at radius 2 is 1.89 bits per heavy atom. The van der Waals surface area contributed by atoms with Gasteiger partial charge in [0.15, 0.2) is 5.82 Å².